The molecule has 3 rings (SSSR count). The van der Waals surface area contributed by atoms with E-state index >= 15 is 0 Å². The van der Waals surface area contributed by atoms with Crippen molar-refractivity contribution in [2.75, 3.05) is 11.9 Å². The normalized spacial score (nSPS) is 10.3. The molecule has 0 spiro atoms. The third-order valence-corrected chi connectivity index (χ3v) is 3.82. The first kappa shape index (κ1) is 19.0. The zero-order chi connectivity index (χ0) is 19.9. The Balaban J connectivity index is 1.69. The van der Waals surface area contributed by atoms with Gasteiger partial charge in [-0.25, -0.2) is 9.48 Å². The number of anilines is 1. The highest BCUT2D eigenvalue weighted by atomic mass is 16.5. The number of esters is 1. The molecule has 0 unspecified atom stereocenters. The molecule has 0 atom stereocenters. The lowest BCUT2D eigenvalue weighted by atomic mass is 10.2. The number of hydrogen-bond donors (Lipinski definition) is 1. The van der Waals surface area contributed by atoms with E-state index in [1.54, 1.807) is 61.8 Å². The summed E-state index contributed by atoms with van der Waals surface area (Å²) in [5.74, 6) is -0.839. The Labute approximate surface area is 160 Å². The maximum Gasteiger partial charge on any atom is 0.338 e. The number of carbonyl (C=O) groups excluding carboxylic acids is 2. The van der Waals surface area contributed by atoms with Crippen LogP contribution in [0.5, 0.6) is 0 Å². The van der Waals surface area contributed by atoms with Gasteiger partial charge in [-0.1, -0.05) is 0 Å². The van der Waals surface area contributed by atoms with Crippen LogP contribution in [0.3, 0.4) is 0 Å². The molecule has 0 aliphatic heterocycles. The number of amides is 1. The SMILES string of the molecule is CCOC(=O)c1ccc(NC(=O)Cn2nc(-c3ccncc3)ccc2=O)cc1. The van der Waals surface area contributed by atoms with Crippen molar-refractivity contribution in [3.63, 3.8) is 0 Å². The number of pyridine rings is 1. The van der Waals surface area contributed by atoms with Crippen LogP contribution in [0.1, 0.15) is 17.3 Å². The van der Waals surface area contributed by atoms with Crippen LogP contribution in [-0.2, 0) is 16.1 Å². The van der Waals surface area contributed by atoms with Crippen LogP contribution >= 0.6 is 0 Å². The lowest BCUT2D eigenvalue weighted by molar-refractivity contribution is -0.117. The largest absolute Gasteiger partial charge is 0.462 e. The van der Waals surface area contributed by atoms with Crippen LogP contribution in [0.25, 0.3) is 11.3 Å². The van der Waals surface area contributed by atoms with E-state index in [2.05, 4.69) is 15.4 Å². The second-order valence-corrected chi connectivity index (χ2v) is 5.80. The molecule has 0 saturated carbocycles. The van der Waals surface area contributed by atoms with Crippen LogP contribution < -0.4 is 10.9 Å². The molecule has 0 radical (unpaired) electrons. The van der Waals surface area contributed by atoms with E-state index in [1.807, 2.05) is 0 Å². The maximum absolute atomic E-state index is 12.3. The number of ether oxygens (including phenoxy) is 1. The molecule has 2 heterocycles. The molecule has 1 N–H and O–H groups in total. The van der Waals surface area contributed by atoms with Gasteiger partial charge in [0.25, 0.3) is 5.56 Å². The summed E-state index contributed by atoms with van der Waals surface area (Å²) in [6.45, 7) is 1.78. The Morgan fingerprint density at radius 1 is 1.04 bits per heavy atom. The topological polar surface area (TPSA) is 103 Å². The minimum Gasteiger partial charge on any atom is -0.462 e. The van der Waals surface area contributed by atoms with Crippen LogP contribution in [0, 0.1) is 0 Å². The van der Waals surface area contributed by atoms with Crippen molar-refractivity contribution in [1.82, 2.24) is 14.8 Å². The van der Waals surface area contributed by atoms with Gasteiger partial charge < -0.3 is 10.1 Å². The highest BCUT2D eigenvalue weighted by Crippen LogP contribution is 2.13. The van der Waals surface area contributed by atoms with Gasteiger partial charge >= 0.3 is 5.97 Å². The molecular formula is C20H18N4O4. The highest BCUT2D eigenvalue weighted by Gasteiger charge is 2.10. The smallest absolute Gasteiger partial charge is 0.338 e. The summed E-state index contributed by atoms with van der Waals surface area (Å²) in [7, 11) is 0. The van der Waals surface area contributed by atoms with E-state index in [0.717, 1.165) is 10.2 Å². The van der Waals surface area contributed by atoms with Gasteiger partial charge in [-0.05, 0) is 49.4 Å². The fourth-order valence-corrected chi connectivity index (χ4v) is 2.48. The molecule has 1 aromatic carbocycles. The standard InChI is InChI=1S/C20H18N4O4/c1-2-28-20(27)15-3-5-16(6-4-15)22-18(25)13-24-19(26)8-7-17(23-24)14-9-11-21-12-10-14/h3-12H,2,13H2,1H3,(H,22,25). The second-order valence-electron chi connectivity index (χ2n) is 5.80. The summed E-state index contributed by atoms with van der Waals surface area (Å²) < 4.78 is 6.01. The van der Waals surface area contributed by atoms with E-state index in [9.17, 15) is 14.4 Å². The molecule has 0 bridgehead atoms. The Morgan fingerprint density at radius 2 is 1.75 bits per heavy atom. The molecule has 8 heteroatoms. The quantitative estimate of drug-likeness (QED) is 0.659. The van der Waals surface area contributed by atoms with Gasteiger partial charge in [-0.3, -0.25) is 14.6 Å². The molecular weight excluding hydrogens is 360 g/mol. The predicted molar refractivity (Wildman–Crippen MR) is 103 cm³/mol. The van der Waals surface area contributed by atoms with Gasteiger partial charge in [-0.15, -0.1) is 0 Å². The summed E-state index contributed by atoms with van der Waals surface area (Å²) in [4.78, 5) is 39.9. The number of hydrogen-bond acceptors (Lipinski definition) is 6. The van der Waals surface area contributed by atoms with Crippen molar-refractivity contribution in [3.05, 3.63) is 76.8 Å². The summed E-state index contributed by atoms with van der Waals surface area (Å²) in [5.41, 5.74) is 1.86. The van der Waals surface area contributed by atoms with Gasteiger partial charge in [0.1, 0.15) is 6.54 Å². The van der Waals surface area contributed by atoms with Gasteiger partial charge in [0.15, 0.2) is 0 Å². The molecule has 0 aliphatic carbocycles. The molecule has 142 valence electrons. The maximum atomic E-state index is 12.3. The molecule has 28 heavy (non-hydrogen) atoms. The highest BCUT2D eigenvalue weighted by molar-refractivity contribution is 5.93. The summed E-state index contributed by atoms with van der Waals surface area (Å²) >= 11 is 0. The molecule has 0 aliphatic rings. The number of rotatable bonds is 6. The number of benzene rings is 1. The van der Waals surface area contributed by atoms with Crippen molar-refractivity contribution in [2.45, 2.75) is 13.5 Å². The van der Waals surface area contributed by atoms with Crippen molar-refractivity contribution < 1.29 is 14.3 Å². The van der Waals surface area contributed by atoms with Crippen LogP contribution in [0.15, 0.2) is 65.7 Å². The fourth-order valence-electron chi connectivity index (χ4n) is 2.48. The Kier molecular flexibility index (Phi) is 5.91. The third-order valence-electron chi connectivity index (χ3n) is 3.82. The van der Waals surface area contributed by atoms with Gasteiger partial charge in [-0.2, -0.15) is 5.10 Å². The lowest BCUT2D eigenvalue weighted by Crippen LogP contribution is -2.29. The van der Waals surface area contributed by atoms with Crippen LogP contribution in [-0.4, -0.2) is 33.2 Å². The summed E-state index contributed by atoms with van der Waals surface area (Å²) in [5, 5.41) is 6.91. The van der Waals surface area contributed by atoms with Crippen molar-refractivity contribution >= 4 is 17.6 Å². The zero-order valence-electron chi connectivity index (χ0n) is 15.2. The number of nitrogens with zero attached hydrogens (tertiary/aromatic N) is 3. The van der Waals surface area contributed by atoms with E-state index < -0.39 is 11.9 Å². The Hall–Kier alpha value is -3.81. The Bertz CT molecular complexity index is 1030. The van der Waals surface area contributed by atoms with Gasteiger partial charge in [0.2, 0.25) is 5.91 Å². The molecule has 2 aromatic heterocycles. The van der Waals surface area contributed by atoms with E-state index in [0.29, 0.717) is 16.9 Å². The molecule has 3 aromatic rings. The predicted octanol–water partition coefficient (Wildman–Crippen LogP) is 2.12. The average molecular weight is 378 g/mol. The lowest BCUT2D eigenvalue weighted by Gasteiger charge is -2.09. The first-order valence-corrected chi connectivity index (χ1v) is 8.62. The first-order valence-electron chi connectivity index (χ1n) is 8.62. The van der Waals surface area contributed by atoms with Gasteiger partial charge in [0.05, 0.1) is 17.9 Å². The van der Waals surface area contributed by atoms with Crippen molar-refractivity contribution in [1.29, 1.82) is 0 Å². The summed E-state index contributed by atoms with van der Waals surface area (Å²) in [6, 6.07) is 12.8. The van der Waals surface area contributed by atoms with Crippen LogP contribution in [0.2, 0.25) is 0 Å². The zero-order valence-corrected chi connectivity index (χ0v) is 15.2. The van der Waals surface area contributed by atoms with Crippen LogP contribution in [0.4, 0.5) is 5.69 Å². The second kappa shape index (κ2) is 8.72. The molecule has 0 saturated heterocycles. The number of carbonyl (C=O) groups is 2. The van der Waals surface area contributed by atoms with E-state index in [4.69, 9.17) is 4.74 Å². The molecule has 0 fully saturated rings. The molecule has 8 nitrogen and oxygen atoms in total. The van der Waals surface area contributed by atoms with E-state index in [-0.39, 0.29) is 18.7 Å². The Morgan fingerprint density at radius 3 is 2.43 bits per heavy atom. The summed E-state index contributed by atoms with van der Waals surface area (Å²) in [6.07, 6.45) is 3.25. The minimum absolute atomic E-state index is 0.239. The van der Waals surface area contributed by atoms with Crippen molar-refractivity contribution in [2.24, 2.45) is 0 Å². The number of aromatic nitrogens is 3. The van der Waals surface area contributed by atoms with Crippen molar-refractivity contribution in [3.8, 4) is 11.3 Å². The number of nitrogens with one attached hydrogen (secondary N) is 1. The monoisotopic (exact) mass is 378 g/mol. The molecule has 1 amide bonds. The minimum atomic E-state index is -0.427. The third kappa shape index (κ3) is 4.67. The fraction of sp³-hybridized carbons (Fsp3) is 0.150. The van der Waals surface area contributed by atoms with Gasteiger partial charge in [0, 0.05) is 29.7 Å². The van der Waals surface area contributed by atoms with E-state index in [1.165, 1.54) is 6.07 Å². The first-order chi connectivity index (χ1) is 13.6. The average Bonchev–Trinajstić information content (AvgIpc) is 2.71.